The van der Waals surface area contributed by atoms with Crippen molar-refractivity contribution in [2.45, 2.75) is 19.3 Å². The van der Waals surface area contributed by atoms with Gasteiger partial charge in [0.1, 0.15) is 11.2 Å². The number of ketones is 2. The minimum Gasteiger partial charge on any atom is -0.456 e. The Bertz CT molecular complexity index is 2390. The van der Waals surface area contributed by atoms with Crippen molar-refractivity contribution in [2.75, 3.05) is 4.90 Å². The first-order valence-corrected chi connectivity index (χ1v) is 15.2. The largest absolute Gasteiger partial charge is 0.456 e. The van der Waals surface area contributed by atoms with E-state index in [1.54, 1.807) is 6.08 Å². The summed E-state index contributed by atoms with van der Waals surface area (Å²) in [5.41, 5.74) is 8.95. The van der Waals surface area contributed by atoms with Gasteiger partial charge in [0.25, 0.3) is 0 Å². The van der Waals surface area contributed by atoms with E-state index in [4.69, 9.17) is 4.42 Å². The van der Waals surface area contributed by atoms with E-state index < -0.39 is 0 Å². The summed E-state index contributed by atoms with van der Waals surface area (Å²) in [6.07, 6.45) is 1.70. The summed E-state index contributed by atoms with van der Waals surface area (Å²) >= 11 is 0. The quantitative estimate of drug-likeness (QED) is 0.151. The Morgan fingerprint density at radius 3 is 1.98 bits per heavy atom. The number of carbonyl (C=O) groups excluding carboxylic acids is 2. The molecule has 2 aliphatic rings. The van der Waals surface area contributed by atoms with Gasteiger partial charge in [-0.25, -0.2) is 0 Å². The van der Waals surface area contributed by atoms with E-state index in [2.05, 4.69) is 79.4 Å². The molecular weight excluding hydrogens is 554 g/mol. The van der Waals surface area contributed by atoms with Crippen LogP contribution in [0.3, 0.4) is 0 Å². The van der Waals surface area contributed by atoms with E-state index >= 15 is 0 Å². The molecule has 1 aliphatic carbocycles. The smallest absolute Gasteiger partial charge is 0.197 e. The molecule has 2 heterocycles. The molecule has 7 aromatic rings. The van der Waals surface area contributed by atoms with Crippen LogP contribution < -0.4 is 4.90 Å². The maximum Gasteiger partial charge on any atom is 0.197 e. The Balaban J connectivity index is 1.18. The number of carbonyl (C=O) groups is 2. The van der Waals surface area contributed by atoms with Crippen LogP contribution in [0.4, 0.5) is 17.1 Å². The van der Waals surface area contributed by atoms with Crippen LogP contribution in [0.25, 0.3) is 38.8 Å². The SMILES string of the molecule is CC1(C)c2ccccc2N(c2ccccc2)c2cc3oc4cc(C=C5C(=O)c6cc7ccccc7cc6C5=O)ccc4c3cc21. The Kier molecular flexibility index (Phi) is 5.22. The number of fused-ring (bicyclic) bond motifs is 7. The second-order valence-corrected chi connectivity index (χ2v) is 12.5. The van der Waals surface area contributed by atoms with Crippen molar-refractivity contribution in [3.8, 4) is 0 Å². The predicted octanol–water partition coefficient (Wildman–Crippen LogP) is 10.3. The molecular formula is C41H27NO3. The van der Waals surface area contributed by atoms with Gasteiger partial charge >= 0.3 is 0 Å². The second kappa shape index (κ2) is 9.13. The molecule has 0 radical (unpaired) electrons. The molecule has 0 amide bonds. The van der Waals surface area contributed by atoms with Gasteiger partial charge in [0, 0.05) is 39.1 Å². The lowest BCUT2D eigenvalue weighted by Gasteiger charge is -2.42. The molecule has 0 bridgehead atoms. The van der Waals surface area contributed by atoms with Crippen molar-refractivity contribution in [2.24, 2.45) is 0 Å². The minimum absolute atomic E-state index is 0.184. The van der Waals surface area contributed by atoms with Gasteiger partial charge in [0.15, 0.2) is 11.6 Å². The number of allylic oxidation sites excluding steroid dienone is 1. The summed E-state index contributed by atoms with van der Waals surface area (Å²) in [6, 6.07) is 40.8. The molecule has 0 spiro atoms. The third-order valence-corrected chi connectivity index (χ3v) is 9.54. The lowest BCUT2D eigenvalue weighted by Crippen LogP contribution is -2.30. The second-order valence-electron chi connectivity index (χ2n) is 12.5. The molecule has 1 aromatic heterocycles. The number of hydrogen-bond acceptors (Lipinski definition) is 4. The molecule has 4 heteroatoms. The van der Waals surface area contributed by atoms with Gasteiger partial charge in [-0.2, -0.15) is 0 Å². The zero-order valence-electron chi connectivity index (χ0n) is 24.8. The van der Waals surface area contributed by atoms with E-state index in [0.717, 1.165) is 49.8 Å². The van der Waals surface area contributed by atoms with Gasteiger partial charge in [-0.3, -0.25) is 9.59 Å². The summed E-state index contributed by atoms with van der Waals surface area (Å²) in [7, 11) is 0. The summed E-state index contributed by atoms with van der Waals surface area (Å²) in [5, 5.41) is 3.93. The van der Waals surface area contributed by atoms with Crippen LogP contribution in [-0.2, 0) is 5.41 Å². The topological polar surface area (TPSA) is 50.5 Å². The molecule has 0 fully saturated rings. The minimum atomic E-state index is -0.235. The molecule has 0 unspecified atom stereocenters. The molecule has 0 saturated heterocycles. The Morgan fingerprint density at radius 1 is 0.600 bits per heavy atom. The van der Waals surface area contributed by atoms with Crippen LogP contribution in [0.15, 0.2) is 131 Å². The lowest BCUT2D eigenvalue weighted by atomic mass is 9.73. The first-order valence-electron chi connectivity index (χ1n) is 15.2. The van der Waals surface area contributed by atoms with E-state index in [9.17, 15) is 9.59 Å². The van der Waals surface area contributed by atoms with E-state index in [0.29, 0.717) is 16.7 Å². The van der Waals surface area contributed by atoms with Gasteiger partial charge < -0.3 is 9.32 Å². The highest BCUT2D eigenvalue weighted by Crippen LogP contribution is 2.53. The third-order valence-electron chi connectivity index (χ3n) is 9.54. The van der Waals surface area contributed by atoms with Crippen LogP contribution in [-0.4, -0.2) is 11.6 Å². The number of furan rings is 1. The molecule has 9 rings (SSSR count). The first kappa shape index (κ1) is 25.7. The van der Waals surface area contributed by atoms with Crippen molar-refractivity contribution < 1.29 is 14.0 Å². The zero-order chi connectivity index (χ0) is 30.4. The van der Waals surface area contributed by atoms with Crippen molar-refractivity contribution in [3.63, 3.8) is 0 Å². The normalized spacial score (nSPS) is 15.1. The van der Waals surface area contributed by atoms with Gasteiger partial charge in [0.2, 0.25) is 0 Å². The van der Waals surface area contributed by atoms with Crippen LogP contribution in [0, 0.1) is 0 Å². The number of nitrogens with zero attached hydrogens (tertiary/aromatic N) is 1. The average molecular weight is 582 g/mol. The fourth-order valence-corrected chi connectivity index (χ4v) is 7.24. The van der Waals surface area contributed by atoms with Crippen molar-refractivity contribution in [3.05, 3.63) is 155 Å². The molecule has 4 nitrogen and oxygen atoms in total. The number of para-hydroxylation sites is 2. The van der Waals surface area contributed by atoms with Crippen LogP contribution >= 0.6 is 0 Å². The van der Waals surface area contributed by atoms with E-state index in [-0.39, 0.29) is 22.6 Å². The first-order chi connectivity index (χ1) is 21.9. The number of Topliss-reactive ketones (excluding diaryl/α,β-unsaturated/α-hetero) is 2. The summed E-state index contributed by atoms with van der Waals surface area (Å²) in [6.45, 7) is 4.56. The van der Waals surface area contributed by atoms with Gasteiger partial charge in [-0.05, 0) is 82.1 Å². The van der Waals surface area contributed by atoms with Crippen LogP contribution in [0.2, 0.25) is 0 Å². The van der Waals surface area contributed by atoms with Gasteiger partial charge in [-0.1, -0.05) is 80.6 Å². The molecule has 0 atom stereocenters. The van der Waals surface area contributed by atoms with Gasteiger partial charge in [-0.15, -0.1) is 0 Å². The van der Waals surface area contributed by atoms with Crippen molar-refractivity contribution in [1.82, 2.24) is 0 Å². The molecule has 0 N–H and O–H groups in total. The number of hydrogen-bond donors (Lipinski definition) is 0. The fourth-order valence-electron chi connectivity index (χ4n) is 7.24. The monoisotopic (exact) mass is 581 g/mol. The standard InChI is InChI=1S/C41H27NO3/c1-41(2)33-14-8-9-15-35(33)42(27-12-4-3-5-13-27)36-23-38-29(22-34(36)41)28-17-16-24(19-37(28)45-38)18-32-39(43)30-20-25-10-6-7-11-26(25)21-31(30)40(32)44/h3-23H,1-2H3. The van der Waals surface area contributed by atoms with E-state index in [1.807, 2.05) is 60.7 Å². The molecule has 45 heavy (non-hydrogen) atoms. The highest BCUT2D eigenvalue weighted by molar-refractivity contribution is 6.42. The lowest BCUT2D eigenvalue weighted by molar-refractivity contribution is 0.0990. The molecule has 214 valence electrons. The summed E-state index contributed by atoms with van der Waals surface area (Å²) in [5.74, 6) is -0.470. The molecule has 1 aliphatic heterocycles. The van der Waals surface area contributed by atoms with Crippen LogP contribution in [0.5, 0.6) is 0 Å². The molecule has 0 saturated carbocycles. The Morgan fingerprint density at radius 2 is 1.24 bits per heavy atom. The maximum absolute atomic E-state index is 13.4. The summed E-state index contributed by atoms with van der Waals surface area (Å²) < 4.78 is 6.51. The number of anilines is 3. The maximum atomic E-state index is 13.4. The van der Waals surface area contributed by atoms with E-state index in [1.165, 1.54) is 11.1 Å². The summed E-state index contributed by atoms with van der Waals surface area (Å²) in [4.78, 5) is 29.1. The highest BCUT2D eigenvalue weighted by Gasteiger charge is 2.38. The van der Waals surface area contributed by atoms with Crippen molar-refractivity contribution >= 4 is 67.4 Å². The zero-order valence-corrected chi connectivity index (χ0v) is 24.8. The third kappa shape index (κ3) is 3.66. The fraction of sp³-hybridized carbons (Fsp3) is 0.0732. The Labute approximate surface area is 259 Å². The number of rotatable bonds is 2. The van der Waals surface area contributed by atoms with Crippen LogP contribution in [0.1, 0.15) is 51.3 Å². The highest BCUT2D eigenvalue weighted by atomic mass is 16.3. The van der Waals surface area contributed by atoms with Gasteiger partial charge in [0.05, 0.1) is 16.9 Å². The Hall–Kier alpha value is -5.74. The van der Waals surface area contributed by atoms with Crippen molar-refractivity contribution in [1.29, 1.82) is 0 Å². The average Bonchev–Trinajstić information content (AvgIpc) is 3.53. The number of benzene rings is 6. The predicted molar refractivity (Wildman–Crippen MR) is 181 cm³/mol. The molecule has 6 aromatic carbocycles.